The van der Waals surface area contributed by atoms with Crippen molar-refractivity contribution in [2.45, 2.75) is 154 Å². The van der Waals surface area contributed by atoms with E-state index in [0.717, 1.165) is 6.92 Å². The zero-order chi connectivity index (χ0) is 50.3. The van der Waals surface area contributed by atoms with Gasteiger partial charge in [-0.15, -0.1) is 0 Å². The summed E-state index contributed by atoms with van der Waals surface area (Å²) in [5.74, 6) is -14.3. The van der Waals surface area contributed by atoms with E-state index in [1.165, 1.54) is 18.7 Å². The molecule has 0 saturated heterocycles. The predicted octanol–water partition coefficient (Wildman–Crippen LogP) is -2.12. The minimum absolute atomic E-state index is 0.0121. The Morgan fingerprint density at radius 2 is 0.908 bits per heavy atom. The Kier molecular flexibility index (Phi) is 27.2. The molecule has 0 unspecified atom stereocenters. The molecular formula is C40H68N8O16S. The van der Waals surface area contributed by atoms with E-state index in [2.05, 4.69) is 37.2 Å². The van der Waals surface area contributed by atoms with Crippen LogP contribution in [0.2, 0.25) is 0 Å². The summed E-state index contributed by atoms with van der Waals surface area (Å²) in [4.78, 5) is 141. The zero-order valence-electron chi connectivity index (χ0n) is 38.0. The van der Waals surface area contributed by atoms with E-state index in [0.29, 0.717) is 0 Å². The second-order valence-corrected chi connectivity index (χ2v) is 17.5. The summed E-state index contributed by atoms with van der Waals surface area (Å²) >= 11 is 1.28. The average molecular weight is 949 g/mol. The lowest BCUT2D eigenvalue weighted by Gasteiger charge is -2.29. The minimum Gasteiger partial charge on any atom is -0.481 e. The van der Waals surface area contributed by atoms with Gasteiger partial charge in [0.05, 0.1) is 25.0 Å². The van der Waals surface area contributed by atoms with Gasteiger partial charge in [-0.25, -0.2) is 4.79 Å². The summed E-state index contributed by atoms with van der Waals surface area (Å²) in [6, 6.07) is -12.7. The summed E-state index contributed by atoms with van der Waals surface area (Å²) in [5.41, 5.74) is 5.89. The number of aliphatic carboxylic acids is 4. The monoisotopic (exact) mass is 948 g/mol. The van der Waals surface area contributed by atoms with Crippen LogP contribution in [0.3, 0.4) is 0 Å². The number of carboxylic acids is 4. The Morgan fingerprint density at radius 1 is 0.508 bits per heavy atom. The molecule has 0 aromatic carbocycles. The Labute approximate surface area is 381 Å². The maximum absolute atomic E-state index is 13.9. The van der Waals surface area contributed by atoms with Crippen LogP contribution in [0, 0.1) is 17.8 Å². The first kappa shape index (κ1) is 59.4. The van der Waals surface area contributed by atoms with Gasteiger partial charge < -0.3 is 68.5 Å². The lowest BCUT2D eigenvalue weighted by molar-refractivity contribution is -0.143. The van der Waals surface area contributed by atoms with Crippen LogP contribution >= 0.6 is 11.8 Å². The number of hydrogen-bond acceptors (Lipinski definition) is 14. The van der Waals surface area contributed by atoms with Crippen LogP contribution in [-0.4, -0.2) is 157 Å². The molecule has 0 radical (unpaired) electrons. The third kappa shape index (κ3) is 23.3. The first-order valence-electron chi connectivity index (χ1n) is 21.1. The van der Waals surface area contributed by atoms with Crippen molar-refractivity contribution in [1.82, 2.24) is 37.2 Å². The van der Waals surface area contributed by atoms with Crippen molar-refractivity contribution in [3.05, 3.63) is 0 Å². The van der Waals surface area contributed by atoms with Gasteiger partial charge in [-0.2, -0.15) is 11.8 Å². The minimum atomic E-state index is -1.92. The number of amides is 7. The largest absolute Gasteiger partial charge is 0.481 e. The van der Waals surface area contributed by atoms with Gasteiger partial charge in [0.2, 0.25) is 41.4 Å². The molecule has 65 heavy (non-hydrogen) atoms. The van der Waals surface area contributed by atoms with Crippen LogP contribution in [0.4, 0.5) is 0 Å². The fraction of sp³-hybridized carbons (Fsp3) is 0.725. The number of hydrogen-bond donors (Lipinski definition) is 13. The van der Waals surface area contributed by atoms with Crippen molar-refractivity contribution in [3.63, 3.8) is 0 Å². The standard InChI is InChI=1S/C40H68N8O16S/c1-9-20(6)31(47-37(60)26(17-30(54)55)45-39(62)32(21(7)49)48-33(56)22(41)14-18(2)3)38(61)43-23(10-11-28(50)51)34(57)44-25(16-29(52)53)36(59)42-24(12-13-65-8)35(58)46-27(40(63)64)15-19(4)5/h18-27,31-32,49H,9-17,41H2,1-8H3,(H,42,59)(H,43,61)(H,44,57)(H,45,62)(H,46,58)(H,47,60)(H,48,56)(H,50,51)(H,52,53)(H,54,55)(H,63,64)/t20-,21+,22-,23-,24-,25-,26-,27-,31-,32-/m0/s1. The van der Waals surface area contributed by atoms with Crippen LogP contribution in [0.1, 0.15) is 99.8 Å². The molecule has 0 heterocycles. The SMILES string of the molecule is CC[C@H](C)[C@H](NC(=O)[C@H](CC(=O)O)NC(=O)[C@@H](NC(=O)[C@@H](N)CC(C)C)[C@@H](C)O)C(=O)N[C@@H](CCC(=O)O)C(=O)N[C@@H](CC(=O)O)C(=O)N[C@@H](CCSC)C(=O)N[C@@H](CC(C)C)C(=O)O. The van der Waals surface area contributed by atoms with Gasteiger partial charge in [0.1, 0.15) is 42.3 Å². The van der Waals surface area contributed by atoms with Gasteiger partial charge in [-0.3, -0.25) is 47.9 Å². The van der Waals surface area contributed by atoms with Crippen LogP contribution in [-0.2, 0) is 52.7 Å². The van der Waals surface area contributed by atoms with Crippen molar-refractivity contribution in [1.29, 1.82) is 0 Å². The topological polar surface area (TPSA) is 399 Å². The normalized spacial score (nSPS) is 15.8. The van der Waals surface area contributed by atoms with E-state index in [-0.39, 0.29) is 43.3 Å². The molecule has 7 amide bonds. The van der Waals surface area contributed by atoms with E-state index < -0.39 is 151 Å². The van der Waals surface area contributed by atoms with Crippen molar-refractivity contribution in [3.8, 4) is 0 Å². The number of aliphatic hydroxyl groups excluding tert-OH is 1. The maximum Gasteiger partial charge on any atom is 0.326 e. The highest BCUT2D eigenvalue weighted by atomic mass is 32.2. The number of nitrogens with one attached hydrogen (secondary N) is 7. The lowest BCUT2D eigenvalue weighted by atomic mass is 9.96. The van der Waals surface area contributed by atoms with Gasteiger partial charge in [-0.05, 0) is 62.4 Å². The van der Waals surface area contributed by atoms with Gasteiger partial charge in [-0.1, -0.05) is 48.0 Å². The highest BCUT2D eigenvalue weighted by Gasteiger charge is 2.37. The Balaban J connectivity index is 6.60. The second-order valence-electron chi connectivity index (χ2n) is 16.5. The molecule has 0 saturated carbocycles. The molecule has 0 fully saturated rings. The van der Waals surface area contributed by atoms with Crippen molar-refractivity contribution >= 4 is 77.0 Å². The summed E-state index contributed by atoms with van der Waals surface area (Å²) in [6.45, 7) is 11.3. The first-order valence-corrected chi connectivity index (χ1v) is 22.5. The highest BCUT2D eigenvalue weighted by Crippen LogP contribution is 2.13. The number of carboxylic acid groups (broad SMARTS) is 4. The van der Waals surface area contributed by atoms with Gasteiger partial charge >= 0.3 is 23.9 Å². The average Bonchev–Trinajstić information content (AvgIpc) is 3.19. The quantitative estimate of drug-likeness (QED) is 0.0343. The smallest absolute Gasteiger partial charge is 0.326 e. The molecule has 10 atom stereocenters. The highest BCUT2D eigenvalue weighted by molar-refractivity contribution is 7.98. The first-order chi connectivity index (χ1) is 30.1. The molecule has 14 N–H and O–H groups in total. The summed E-state index contributed by atoms with van der Waals surface area (Å²) in [5, 5.41) is 64.5. The molecule has 24 nitrogen and oxygen atoms in total. The van der Waals surface area contributed by atoms with E-state index >= 15 is 0 Å². The molecule has 0 aliphatic heterocycles. The number of rotatable bonds is 32. The Hall–Kier alpha value is -5.56. The zero-order valence-corrected chi connectivity index (χ0v) is 38.8. The molecule has 0 aromatic rings. The van der Waals surface area contributed by atoms with E-state index in [4.69, 9.17) is 5.73 Å². The number of carbonyl (C=O) groups is 11. The number of carbonyl (C=O) groups excluding carboxylic acids is 7. The van der Waals surface area contributed by atoms with Crippen LogP contribution < -0.4 is 43.0 Å². The predicted molar refractivity (Wildman–Crippen MR) is 234 cm³/mol. The fourth-order valence-electron chi connectivity index (χ4n) is 6.08. The molecule has 0 bridgehead atoms. The van der Waals surface area contributed by atoms with E-state index in [9.17, 15) is 78.3 Å². The van der Waals surface area contributed by atoms with Crippen LogP contribution in [0.15, 0.2) is 0 Å². The molecule has 0 spiro atoms. The maximum atomic E-state index is 13.9. The molecule has 0 aromatic heterocycles. The molecule has 370 valence electrons. The van der Waals surface area contributed by atoms with Crippen LogP contribution in [0.5, 0.6) is 0 Å². The molecule has 25 heteroatoms. The molecule has 0 rings (SSSR count). The number of thioether (sulfide) groups is 1. The summed E-state index contributed by atoms with van der Waals surface area (Å²) in [7, 11) is 0. The van der Waals surface area contributed by atoms with Gasteiger partial charge in [0.15, 0.2) is 0 Å². The third-order valence-electron chi connectivity index (χ3n) is 9.79. The van der Waals surface area contributed by atoms with E-state index in [1.54, 1.807) is 40.9 Å². The number of nitrogens with two attached hydrogens (primary N) is 1. The summed E-state index contributed by atoms with van der Waals surface area (Å²) < 4.78 is 0. The Morgan fingerprint density at radius 3 is 1.34 bits per heavy atom. The molecule has 0 aliphatic carbocycles. The van der Waals surface area contributed by atoms with Gasteiger partial charge in [0.25, 0.3) is 0 Å². The molecular weight excluding hydrogens is 881 g/mol. The van der Waals surface area contributed by atoms with Crippen LogP contribution in [0.25, 0.3) is 0 Å². The second kappa shape index (κ2) is 29.8. The summed E-state index contributed by atoms with van der Waals surface area (Å²) in [6.07, 6.45) is -2.95. The van der Waals surface area contributed by atoms with Crippen molar-refractivity contribution in [2.24, 2.45) is 23.5 Å². The number of aliphatic hydroxyl groups is 1. The van der Waals surface area contributed by atoms with E-state index in [1.807, 2.05) is 0 Å². The van der Waals surface area contributed by atoms with Gasteiger partial charge in [0, 0.05) is 6.42 Å². The Bertz CT molecular complexity index is 1680. The van der Waals surface area contributed by atoms with Crippen molar-refractivity contribution < 1.29 is 78.3 Å². The molecule has 0 aliphatic rings. The third-order valence-corrected chi connectivity index (χ3v) is 10.4. The fourth-order valence-corrected chi connectivity index (χ4v) is 6.55. The lowest BCUT2D eigenvalue weighted by Crippen LogP contribution is -2.62. The van der Waals surface area contributed by atoms with Crippen molar-refractivity contribution in [2.75, 3.05) is 12.0 Å².